The van der Waals surface area contributed by atoms with Gasteiger partial charge in [-0.15, -0.1) is 11.3 Å². The second kappa shape index (κ2) is 4.62. The second-order valence-electron chi connectivity index (χ2n) is 3.90. The number of fused-ring (bicyclic) bond motifs is 1. The summed E-state index contributed by atoms with van der Waals surface area (Å²) < 4.78 is 1.88. The molecule has 18 heavy (non-hydrogen) atoms. The second-order valence-corrected chi connectivity index (χ2v) is 4.93. The highest BCUT2D eigenvalue weighted by molar-refractivity contribution is 7.10. The molecule has 1 amide bonds. The van der Waals surface area contributed by atoms with Crippen LogP contribution >= 0.6 is 11.3 Å². The molecule has 0 aromatic carbocycles. The number of nitrogens with zero attached hydrogens (tertiary/aromatic N) is 2. The molecule has 0 aliphatic carbocycles. The lowest BCUT2D eigenvalue weighted by atomic mass is 10.3. The summed E-state index contributed by atoms with van der Waals surface area (Å²) in [5, 5.41) is 4.77. The van der Waals surface area contributed by atoms with Crippen LogP contribution in [0.2, 0.25) is 0 Å². The fourth-order valence-corrected chi connectivity index (χ4v) is 2.46. The van der Waals surface area contributed by atoms with Crippen molar-refractivity contribution in [1.82, 2.24) is 9.38 Å². The van der Waals surface area contributed by atoms with Gasteiger partial charge in [-0.05, 0) is 23.6 Å². The fourth-order valence-electron chi connectivity index (χ4n) is 1.75. The number of rotatable bonds is 3. The topological polar surface area (TPSA) is 46.4 Å². The molecule has 0 aliphatic heterocycles. The maximum atomic E-state index is 11.8. The van der Waals surface area contributed by atoms with Crippen LogP contribution in [-0.4, -0.2) is 15.3 Å². The molecule has 0 saturated heterocycles. The Morgan fingerprint density at radius 1 is 1.33 bits per heavy atom. The number of amides is 1. The van der Waals surface area contributed by atoms with E-state index in [4.69, 9.17) is 0 Å². The van der Waals surface area contributed by atoms with Crippen LogP contribution in [0.1, 0.15) is 4.88 Å². The molecule has 5 heteroatoms. The standard InChI is InChI=1S/C13H11N3OS/c17-13(8-10-4-3-7-18-10)15-11-9-16-6-2-1-5-12(16)14-11/h1-7,9H,8H2,(H,15,17). The Labute approximate surface area is 108 Å². The SMILES string of the molecule is O=C(Cc1cccs1)Nc1cn2ccccc2n1. The first-order valence-electron chi connectivity index (χ1n) is 5.57. The van der Waals surface area contributed by atoms with E-state index in [1.165, 1.54) is 0 Å². The minimum Gasteiger partial charge on any atom is -0.309 e. The van der Waals surface area contributed by atoms with Crippen molar-refractivity contribution in [2.75, 3.05) is 5.32 Å². The molecule has 0 aliphatic rings. The zero-order valence-corrected chi connectivity index (χ0v) is 10.4. The van der Waals surface area contributed by atoms with E-state index in [1.807, 2.05) is 52.5 Å². The molecular formula is C13H11N3OS. The van der Waals surface area contributed by atoms with Gasteiger partial charge in [-0.3, -0.25) is 4.79 Å². The molecule has 4 nitrogen and oxygen atoms in total. The van der Waals surface area contributed by atoms with Gasteiger partial charge in [-0.25, -0.2) is 4.98 Å². The lowest BCUT2D eigenvalue weighted by Gasteiger charge is -1.98. The van der Waals surface area contributed by atoms with E-state index >= 15 is 0 Å². The van der Waals surface area contributed by atoms with Gasteiger partial charge in [0.2, 0.25) is 5.91 Å². The number of imidazole rings is 1. The average Bonchev–Trinajstić information content (AvgIpc) is 2.96. The van der Waals surface area contributed by atoms with E-state index in [-0.39, 0.29) is 5.91 Å². The molecule has 3 aromatic rings. The molecule has 3 rings (SSSR count). The van der Waals surface area contributed by atoms with Crippen LogP contribution in [0.15, 0.2) is 48.1 Å². The van der Waals surface area contributed by atoms with Crippen molar-refractivity contribution in [3.05, 3.63) is 53.0 Å². The summed E-state index contributed by atoms with van der Waals surface area (Å²) in [5.74, 6) is 0.545. The summed E-state index contributed by atoms with van der Waals surface area (Å²) in [6.45, 7) is 0. The van der Waals surface area contributed by atoms with Crippen molar-refractivity contribution < 1.29 is 4.79 Å². The molecule has 3 heterocycles. The summed E-state index contributed by atoms with van der Waals surface area (Å²) in [6.07, 6.45) is 4.10. The quantitative estimate of drug-likeness (QED) is 0.784. The Hall–Kier alpha value is -2.14. The lowest BCUT2D eigenvalue weighted by molar-refractivity contribution is -0.115. The highest BCUT2D eigenvalue weighted by Gasteiger charge is 2.07. The van der Waals surface area contributed by atoms with Crippen LogP contribution in [0, 0.1) is 0 Å². The van der Waals surface area contributed by atoms with Crippen LogP contribution < -0.4 is 5.32 Å². The van der Waals surface area contributed by atoms with Crippen LogP contribution in [0.3, 0.4) is 0 Å². The number of hydrogen-bond acceptors (Lipinski definition) is 3. The van der Waals surface area contributed by atoms with Gasteiger partial charge < -0.3 is 9.72 Å². The number of thiophene rings is 1. The molecule has 0 spiro atoms. The number of hydrogen-bond donors (Lipinski definition) is 1. The van der Waals surface area contributed by atoms with Crippen molar-refractivity contribution in [3.63, 3.8) is 0 Å². The molecule has 3 aromatic heterocycles. The normalized spacial score (nSPS) is 10.7. The van der Waals surface area contributed by atoms with Crippen molar-refractivity contribution in [2.45, 2.75) is 6.42 Å². The summed E-state index contributed by atoms with van der Waals surface area (Å²) in [4.78, 5) is 17.2. The van der Waals surface area contributed by atoms with Crippen molar-refractivity contribution in [3.8, 4) is 0 Å². The van der Waals surface area contributed by atoms with E-state index in [1.54, 1.807) is 11.3 Å². The third kappa shape index (κ3) is 2.26. The lowest BCUT2D eigenvalue weighted by Crippen LogP contribution is -2.13. The molecule has 0 atom stereocenters. The summed E-state index contributed by atoms with van der Waals surface area (Å²) in [6, 6.07) is 9.63. The zero-order valence-electron chi connectivity index (χ0n) is 9.54. The van der Waals surface area contributed by atoms with Crippen LogP contribution in [0.25, 0.3) is 5.65 Å². The van der Waals surface area contributed by atoms with Crippen molar-refractivity contribution in [1.29, 1.82) is 0 Å². The van der Waals surface area contributed by atoms with Gasteiger partial charge in [-0.2, -0.15) is 0 Å². The summed E-state index contributed by atoms with van der Waals surface area (Å²) in [7, 11) is 0. The molecule has 0 bridgehead atoms. The van der Waals surface area contributed by atoms with Gasteiger partial charge in [0, 0.05) is 11.1 Å². The smallest absolute Gasteiger partial charge is 0.230 e. The predicted molar refractivity (Wildman–Crippen MR) is 71.8 cm³/mol. The number of nitrogens with one attached hydrogen (secondary N) is 1. The molecule has 1 N–H and O–H groups in total. The number of carbonyl (C=O) groups is 1. The fraction of sp³-hybridized carbons (Fsp3) is 0.0769. The van der Waals surface area contributed by atoms with Gasteiger partial charge in [0.15, 0.2) is 5.82 Å². The van der Waals surface area contributed by atoms with Crippen molar-refractivity contribution in [2.24, 2.45) is 0 Å². The van der Waals surface area contributed by atoms with Gasteiger partial charge >= 0.3 is 0 Å². The van der Waals surface area contributed by atoms with Crippen LogP contribution in [0.4, 0.5) is 5.82 Å². The number of pyridine rings is 1. The summed E-state index contributed by atoms with van der Waals surface area (Å²) >= 11 is 1.58. The Bertz CT molecular complexity index is 639. The first-order chi connectivity index (χ1) is 8.81. The molecular weight excluding hydrogens is 246 g/mol. The van der Waals surface area contributed by atoms with E-state index in [2.05, 4.69) is 10.3 Å². The Morgan fingerprint density at radius 3 is 3.06 bits per heavy atom. The molecule has 0 radical (unpaired) electrons. The minimum absolute atomic E-state index is 0.0409. The molecule has 90 valence electrons. The molecule has 0 unspecified atom stereocenters. The highest BCUT2D eigenvalue weighted by Crippen LogP contribution is 2.12. The van der Waals surface area contributed by atoms with Crippen molar-refractivity contribution >= 4 is 28.7 Å². The first kappa shape index (κ1) is 11.0. The van der Waals surface area contributed by atoms with Gasteiger partial charge in [-0.1, -0.05) is 12.1 Å². The third-order valence-electron chi connectivity index (χ3n) is 2.55. The summed E-state index contributed by atoms with van der Waals surface area (Å²) in [5.41, 5.74) is 0.823. The maximum Gasteiger partial charge on any atom is 0.230 e. The first-order valence-corrected chi connectivity index (χ1v) is 6.45. The van der Waals surface area contributed by atoms with Crippen LogP contribution in [-0.2, 0) is 11.2 Å². The largest absolute Gasteiger partial charge is 0.309 e. The third-order valence-corrected chi connectivity index (χ3v) is 3.42. The van der Waals surface area contributed by atoms with E-state index < -0.39 is 0 Å². The number of aromatic nitrogens is 2. The maximum absolute atomic E-state index is 11.8. The van der Waals surface area contributed by atoms with Crippen LogP contribution in [0.5, 0.6) is 0 Å². The van der Waals surface area contributed by atoms with E-state index in [0.29, 0.717) is 12.2 Å². The Morgan fingerprint density at radius 2 is 2.28 bits per heavy atom. The monoisotopic (exact) mass is 257 g/mol. The van der Waals surface area contributed by atoms with E-state index in [0.717, 1.165) is 10.5 Å². The Balaban J connectivity index is 1.74. The molecule has 0 saturated carbocycles. The highest BCUT2D eigenvalue weighted by atomic mass is 32.1. The number of anilines is 1. The Kier molecular flexibility index (Phi) is 2.82. The van der Waals surface area contributed by atoms with Gasteiger partial charge in [0.05, 0.1) is 12.6 Å². The average molecular weight is 257 g/mol. The zero-order chi connectivity index (χ0) is 12.4. The molecule has 0 fully saturated rings. The van der Waals surface area contributed by atoms with E-state index in [9.17, 15) is 4.79 Å². The van der Waals surface area contributed by atoms with Gasteiger partial charge in [0.25, 0.3) is 0 Å². The predicted octanol–water partition coefficient (Wildman–Crippen LogP) is 2.58. The number of carbonyl (C=O) groups excluding carboxylic acids is 1. The van der Waals surface area contributed by atoms with Gasteiger partial charge in [0.1, 0.15) is 5.65 Å². The minimum atomic E-state index is -0.0409.